The van der Waals surface area contributed by atoms with Crippen LogP contribution in [0.3, 0.4) is 0 Å². The molecule has 3 amide bonds. The molecule has 3 aromatic heterocycles. The van der Waals surface area contributed by atoms with Gasteiger partial charge in [-0.1, -0.05) is 31.2 Å². The molecule has 7 rings (SSSR count). The summed E-state index contributed by atoms with van der Waals surface area (Å²) in [5.41, 5.74) is 6.72. The third-order valence-corrected chi connectivity index (χ3v) is 10.9. The third kappa shape index (κ3) is 9.11. The van der Waals surface area contributed by atoms with Crippen molar-refractivity contribution < 1.29 is 28.6 Å². The Morgan fingerprint density at radius 3 is 2.40 bits per heavy atom. The van der Waals surface area contributed by atoms with Gasteiger partial charge in [0.2, 0.25) is 0 Å². The van der Waals surface area contributed by atoms with Crippen molar-refractivity contribution in [1.82, 2.24) is 40.2 Å². The monoisotopic (exact) mass is 791 g/mol. The van der Waals surface area contributed by atoms with Crippen molar-refractivity contribution in [3.05, 3.63) is 106 Å². The van der Waals surface area contributed by atoms with Crippen LogP contribution in [0, 0.1) is 5.82 Å². The van der Waals surface area contributed by atoms with E-state index in [0.29, 0.717) is 69.0 Å². The summed E-state index contributed by atoms with van der Waals surface area (Å²) in [5.74, 6) is -1.19. The first-order valence-electron chi connectivity index (χ1n) is 19.9. The minimum atomic E-state index is -0.910. The number of ether oxygens (including phenoxy) is 1. The molecule has 5 aromatic rings. The largest absolute Gasteiger partial charge is 0.465 e. The Bertz CT molecular complexity index is 2290. The van der Waals surface area contributed by atoms with E-state index in [2.05, 4.69) is 30.9 Å². The van der Waals surface area contributed by atoms with Gasteiger partial charge in [0.1, 0.15) is 5.82 Å². The van der Waals surface area contributed by atoms with Gasteiger partial charge in [-0.15, -0.1) is 0 Å². The fraction of sp³-hybridized carbons (Fsp3) is 0.395. The van der Waals surface area contributed by atoms with E-state index in [9.17, 15) is 19.5 Å². The van der Waals surface area contributed by atoms with Crippen molar-refractivity contribution in [2.45, 2.75) is 78.3 Å². The second kappa shape index (κ2) is 18.1. The van der Waals surface area contributed by atoms with Gasteiger partial charge in [0, 0.05) is 100 Å². The van der Waals surface area contributed by atoms with Crippen LogP contribution < -0.4 is 16.0 Å². The highest BCUT2D eigenvalue weighted by atomic mass is 19.1. The third-order valence-electron chi connectivity index (χ3n) is 10.9. The molecule has 1 atom stereocenters. The molecule has 0 saturated carbocycles. The van der Waals surface area contributed by atoms with Crippen molar-refractivity contribution in [1.29, 1.82) is 0 Å². The molecule has 2 aliphatic heterocycles. The number of anilines is 1. The minimum absolute atomic E-state index is 0.122. The molecule has 2 saturated heterocycles. The first-order chi connectivity index (χ1) is 28.1. The normalized spacial score (nSPS) is 16.3. The number of carbonyl (C=O) groups is 3. The lowest BCUT2D eigenvalue weighted by molar-refractivity contribution is 0.0711. The Kier molecular flexibility index (Phi) is 12.6. The molecule has 0 bridgehead atoms. The molecule has 2 fully saturated rings. The number of benzene rings is 2. The van der Waals surface area contributed by atoms with Crippen LogP contribution in [-0.4, -0.2) is 97.5 Å². The van der Waals surface area contributed by atoms with Crippen molar-refractivity contribution in [2.24, 2.45) is 0 Å². The average Bonchev–Trinajstić information content (AvgIpc) is 3.66. The summed E-state index contributed by atoms with van der Waals surface area (Å²) in [7, 11) is 0. The van der Waals surface area contributed by atoms with Crippen molar-refractivity contribution in [2.75, 3.05) is 38.2 Å². The van der Waals surface area contributed by atoms with Gasteiger partial charge in [-0.25, -0.2) is 18.9 Å². The molecule has 58 heavy (non-hydrogen) atoms. The Hall–Kier alpha value is -5.93. The SMILES string of the molecule is CCc1nc2c(cnn2CC)c(NC2CCOCC2)c1CNC(=O)c1cncc(C(=O)NCc2ccc(F)c(-c3cccc(CN4CCN(C(=O)O)[C@@H](C)C4)c3)c2)c1. The summed E-state index contributed by atoms with van der Waals surface area (Å²) in [6.07, 6.45) is 6.15. The summed E-state index contributed by atoms with van der Waals surface area (Å²) >= 11 is 0. The number of halogens is 1. The van der Waals surface area contributed by atoms with E-state index in [1.807, 2.05) is 55.9 Å². The smallest absolute Gasteiger partial charge is 0.407 e. The van der Waals surface area contributed by atoms with Crippen LogP contribution in [-0.2, 0) is 37.3 Å². The summed E-state index contributed by atoms with van der Waals surface area (Å²) in [5, 5.41) is 24.5. The lowest BCUT2D eigenvalue weighted by atomic mass is 10.00. The second-order valence-electron chi connectivity index (χ2n) is 14.9. The Morgan fingerprint density at radius 1 is 0.931 bits per heavy atom. The first kappa shape index (κ1) is 40.3. The minimum Gasteiger partial charge on any atom is -0.465 e. The van der Waals surface area contributed by atoms with Crippen LogP contribution in [0.2, 0.25) is 0 Å². The number of carboxylic acid groups (broad SMARTS) is 1. The predicted molar refractivity (Wildman–Crippen MR) is 218 cm³/mol. The number of nitrogens with zero attached hydrogens (tertiary/aromatic N) is 6. The highest BCUT2D eigenvalue weighted by Gasteiger charge is 2.27. The van der Waals surface area contributed by atoms with E-state index in [1.165, 1.54) is 29.4 Å². The molecule has 14 nitrogen and oxygen atoms in total. The van der Waals surface area contributed by atoms with Crippen LogP contribution in [0.5, 0.6) is 0 Å². The van der Waals surface area contributed by atoms with Gasteiger partial charge in [0.05, 0.1) is 28.4 Å². The number of piperazine rings is 1. The van der Waals surface area contributed by atoms with Crippen LogP contribution >= 0.6 is 0 Å². The van der Waals surface area contributed by atoms with E-state index < -0.39 is 12.0 Å². The maximum Gasteiger partial charge on any atom is 0.407 e. The molecular formula is C43H50FN9O5. The lowest BCUT2D eigenvalue weighted by Gasteiger charge is -2.38. The molecule has 15 heteroatoms. The van der Waals surface area contributed by atoms with E-state index >= 15 is 4.39 Å². The fourth-order valence-electron chi connectivity index (χ4n) is 7.80. The number of carbonyl (C=O) groups excluding carboxylic acids is 2. The van der Waals surface area contributed by atoms with Crippen LogP contribution in [0.1, 0.15) is 76.7 Å². The van der Waals surface area contributed by atoms with Crippen molar-refractivity contribution >= 4 is 34.6 Å². The number of hydrogen-bond acceptors (Lipinski definition) is 9. The van der Waals surface area contributed by atoms with Crippen molar-refractivity contribution in [3.8, 4) is 11.1 Å². The molecule has 0 aliphatic carbocycles. The molecule has 0 spiro atoms. The second-order valence-corrected chi connectivity index (χ2v) is 14.9. The summed E-state index contributed by atoms with van der Waals surface area (Å²) in [6.45, 7) is 10.6. The summed E-state index contributed by atoms with van der Waals surface area (Å²) in [6, 6.07) is 14.0. The zero-order chi connectivity index (χ0) is 40.8. The zero-order valence-corrected chi connectivity index (χ0v) is 33.1. The number of hydrogen-bond donors (Lipinski definition) is 4. The maximum atomic E-state index is 15.2. The fourth-order valence-corrected chi connectivity index (χ4v) is 7.80. The van der Waals surface area contributed by atoms with E-state index in [4.69, 9.17) is 9.72 Å². The Labute approximate surface area is 336 Å². The highest BCUT2D eigenvalue weighted by Crippen LogP contribution is 2.32. The summed E-state index contributed by atoms with van der Waals surface area (Å²) in [4.78, 5) is 51.2. The highest BCUT2D eigenvalue weighted by molar-refractivity contribution is 5.99. The number of aromatic nitrogens is 4. The zero-order valence-electron chi connectivity index (χ0n) is 33.1. The molecule has 2 aliphatic rings. The first-order valence-corrected chi connectivity index (χ1v) is 19.9. The van der Waals surface area contributed by atoms with Gasteiger partial charge in [-0.2, -0.15) is 5.10 Å². The predicted octanol–water partition coefficient (Wildman–Crippen LogP) is 5.85. The molecule has 304 valence electrons. The lowest BCUT2D eigenvalue weighted by Crippen LogP contribution is -2.53. The van der Waals surface area contributed by atoms with Gasteiger partial charge in [-0.3, -0.25) is 19.5 Å². The maximum absolute atomic E-state index is 15.2. The van der Waals surface area contributed by atoms with E-state index in [0.717, 1.165) is 46.4 Å². The van der Waals surface area contributed by atoms with Crippen LogP contribution in [0.25, 0.3) is 22.2 Å². The van der Waals surface area contributed by atoms with Gasteiger partial charge >= 0.3 is 6.09 Å². The molecule has 0 radical (unpaired) electrons. The Balaban J connectivity index is 1.00. The quantitative estimate of drug-likeness (QED) is 0.114. The topological polar surface area (TPSA) is 167 Å². The standard InChI is InChI=1S/C43H50FN9O5/c1-4-38-35(39(49-33-11-15-58-16-12-33)36-24-48-53(5-2)40(36)50-38)23-47-42(55)32-19-31(21-45-22-32)41(54)46-20-28-9-10-37(44)34(18-28)30-8-6-7-29(17-30)26-51-13-14-52(43(56)57)27(3)25-51/h6-10,17-19,21-22,24,27,33H,4-5,11-16,20,23,25-26H2,1-3H3,(H,46,54)(H,47,55)(H,49,50)(H,56,57)/t27-/m0/s1. The summed E-state index contributed by atoms with van der Waals surface area (Å²) < 4.78 is 22.7. The van der Waals surface area contributed by atoms with Gasteiger partial charge in [0.25, 0.3) is 11.8 Å². The molecule has 4 N–H and O–H groups in total. The molecular weight excluding hydrogens is 742 g/mol. The number of nitrogens with one attached hydrogen (secondary N) is 3. The molecule has 5 heterocycles. The van der Waals surface area contributed by atoms with Crippen LogP contribution in [0.15, 0.2) is 67.1 Å². The van der Waals surface area contributed by atoms with E-state index in [1.54, 1.807) is 12.1 Å². The van der Waals surface area contributed by atoms with Crippen molar-refractivity contribution in [3.63, 3.8) is 0 Å². The van der Waals surface area contributed by atoms with E-state index in [-0.39, 0.29) is 48.0 Å². The number of amides is 3. The number of aryl methyl sites for hydroxylation is 2. The van der Waals surface area contributed by atoms with Crippen LogP contribution in [0.4, 0.5) is 14.9 Å². The number of rotatable bonds is 13. The molecule has 0 unspecified atom stereocenters. The van der Waals surface area contributed by atoms with Gasteiger partial charge < -0.3 is 30.7 Å². The number of fused-ring (bicyclic) bond motifs is 1. The number of pyridine rings is 2. The van der Waals surface area contributed by atoms with Gasteiger partial charge in [-0.05, 0) is 74.1 Å². The average molecular weight is 792 g/mol. The Morgan fingerprint density at radius 2 is 1.69 bits per heavy atom. The molecule has 2 aromatic carbocycles. The van der Waals surface area contributed by atoms with Gasteiger partial charge in [0.15, 0.2) is 5.65 Å².